The van der Waals surface area contributed by atoms with Gasteiger partial charge in [-0.25, -0.2) is 8.42 Å². The van der Waals surface area contributed by atoms with E-state index in [2.05, 4.69) is 4.90 Å². The van der Waals surface area contributed by atoms with Crippen molar-refractivity contribution in [2.75, 3.05) is 57.3 Å². The molecule has 2 heterocycles. The maximum Gasteiger partial charge on any atom is 1.00 e. The molecule has 0 radical (unpaired) electrons. The minimum Gasteiger partial charge on any atom is -0.748 e. The van der Waals surface area contributed by atoms with Gasteiger partial charge in [0.1, 0.15) is 12.0 Å². The van der Waals surface area contributed by atoms with Gasteiger partial charge in [-0.1, -0.05) is 52.5 Å². The van der Waals surface area contributed by atoms with Gasteiger partial charge in [0.15, 0.2) is 0 Å². The Morgan fingerprint density at radius 1 is 0.773 bits per heavy atom. The second-order valence-corrected chi connectivity index (χ2v) is 14.7. The maximum atomic E-state index is 11.4. The standard InChI is InChI=1S/C27H32Cl4N4O6S2.Na/c1-3-32-22-14-18(28)20(30)16-24(22)34(10-6-12-42(36,37)38)26(32)8-5-9-27-33(4-2)23-15-19(29)21(31)17-25(23)35(27)11-7-13-43(39,40)41;/h5,8-9,14-17,26H,3-4,6-7,10-13H2,1-2H3,(H,36,37,38)(H,39,40,41);/q;+1/p-1. The maximum absolute atomic E-state index is 11.4. The number of anilines is 4. The fourth-order valence-corrected chi connectivity index (χ4v) is 7.02. The summed E-state index contributed by atoms with van der Waals surface area (Å²) >= 11 is 25.4. The normalized spacial score (nSPS) is 17.5. The second-order valence-electron chi connectivity index (χ2n) is 9.96. The van der Waals surface area contributed by atoms with Crippen molar-refractivity contribution in [3.8, 4) is 0 Å². The number of hydrogen-bond donors (Lipinski definition) is 1. The number of fused-ring (bicyclic) bond motifs is 2. The molecule has 0 fully saturated rings. The van der Waals surface area contributed by atoms with E-state index in [1.54, 1.807) is 24.3 Å². The molecular formula is C27H31Cl4N4NaO6S2. The molecule has 0 bridgehead atoms. The van der Waals surface area contributed by atoms with Crippen LogP contribution in [0.25, 0.3) is 0 Å². The molecule has 2 aromatic rings. The zero-order chi connectivity index (χ0) is 31.7. The Morgan fingerprint density at radius 2 is 1.27 bits per heavy atom. The number of allylic oxidation sites excluding steroid dienone is 2. The van der Waals surface area contributed by atoms with E-state index in [9.17, 15) is 25.9 Å². The SMILES string of the molecule is CCN1C(=CC=CC2N(CC)c3cc(Cl)c(Cl)cc3N2CCCS(=O)(=O)[O-])N(CCCS(=O)(=O)O)c2cc(Cl)c(Cl)cc21.[Na+]. The monoisotopic (exact) mass is 734 g/mol. The Kier molecular flexibility index (Phi) is 13.1. The zero-order valence-electron chi connectivity index (χ0n) is 24.4. The number of halogens is 4. The third kappa shape index (κ3) is 8.71. The van der Waals surface area contributed by atoms with Gasteiger partial charge in [-0.05, 0) is 63.1 Å². The minimum absolute atomic E-state index is 0. The van der Waals surface area contributed by atoms with Crippen molar-refractivity contribution in [2.45, 2.75) is 32.9 Å². The van der Waals surface area contributed by atoms with Crippen LogP contribution in [0.3, 0.4) is 0 Å². The van der Waals surface area contributed by atoms with Crippen LogP contribution >= 0.6 is 46.4 Å². The Labute approximate surface area is 300 Å². The third-order valence-corrected chi connectivity index (χ3v) is 10.2. The van der Waals surface area contributed by atoms with Crippen molar-refractivity contribution in [1.82, 2.24) is 0 Å². The zero-order valence-corrected chi connectivity index (χ0v) is 31.0. The van der Waals surface area contributed by atoms with E-state index < -0.39 is 31.7 Å². The topological polar surface area (TPSA) is 125 Å². The quantitative estimate of drug-likeness (QED) is 0.257. The first kappa shape index (κ1) is 37.6. The van der Waals surface area contributed by atoms with Crippen molar-refractivity contribution in [3.63, 3.8) is 0 Å². The van der Waals surface area contributed by atoms with E-state index in [1.165, 1.54) is 0 Å². The van der Waals surface area contributed by atoms with Gasteiger partial charge in [-0.15, -0.1) is 0 Å². The summed E-state index contributed by atoms with van der Waals surface area (Å²) < 4.78 is 66.0. The minimum atomic E-state index is -4.39. The Bertz CT molecular complexity index is 1660. The van der Waals surface area contributed by atoms with Crippen LogP contribution in [0, 0.1) is 0 Å². The first-order valence-electron chi connectivity index (χ1n) is 13.5. The van der Waals surface area contributed by atoms with Gasteiger partial charge in [0.05, 0.1) is 58.7 Å². The summed E-state index contributed by atoms with van der Waals surface area (Å²) in [5.41, 5.74) is 3.14. The number of rotatable bonds is 12. The van der Waals surface area contributed by atoms with Crippen LogP contribution in [0.5, 0.6) is 0 Å². The van der Waals surface area contributed by atoms with Crippen molar-refractivity contribution >= 4 is 89.4 Å². The molecule has 2 aliphatic rings. The second kappa shape index (κ2) is 15.3. The van der Waals surface area contributed by atoms with E-state index in [0.717, 1.165) is 28.6 Å². The van der Waals surface area contributed by atoms with Gasteiger partial charge in [0, 0.05) is 31.9 Å². The predicted octanol–water partition coefficient (Wildman–Crippen LogP) is 3.23. The van der Waals surface area contributed by atoms with Gasteiger partial charge in [0.2, 0.25) is 0 Å². The molecule has 4 rings (SSSR count). The molecule has 1 N–H and O–H groups in total. The van der Waals surface area contributed by atoms with Crippen molar-refractivity contribution in [2.24, 2.45) is 0 Å². The molecule has 10 nitrogen and oxygen atoms in total. The summed E-state index contributed by atoms with van der Waals surface area (Å²) in [6.07, 6.45) is 5.62. The summed E-state index contributed by atoms with van der Waals surface area (Å²) in [6, 6.07) is 6.99. The largest absolute Gasteiger partial charge is 1.00 e. The summed E-state index contributed by atoms with van der Waals surface area (Å²) in [6.45, 7) is 5.68. The molecular weight excluding hydrogens is 705 g/mol. The number of likely N-dealkylation sites (N-methyl/N-ethyl adjacent to an activating group) is 1. The summed E-state index contributed by atoms with van der Waals surface area (Å²) in [5.74, 6) is -0.156. The van der Waals surface area contributed by atoms with E-state index in [0.29, 0.717) is 33.2 Å². The molecule has 17 heteroatoms. The van der Waals surface area contributed by atoms with Crippen LogP contribution in [0.2, 0.25) is 20.1 Å². The predicted molar refractivity (Wildman–Crippen MR) is 175 cm³/mol. The van der Waals surface area contributed by atoms with Gasteiger partial charge in [-0.3, -0.25) is 4.55 Å². The molecule has 0 amide bonds. The average Bonchev–Trinajstić information content (AvgIpc) is 3.34. The number of hydrogen-bond acceptors (Lipinski definition) is 9. The van der Waals surface area contributed by atoms with Gasteiger partial charge < -0.3 is 24.2 Å². The number of nitrogens with zero attached hydrogens (tertiary/aromatic N) is 4. The first-order chi connectivity index (χ1) is 20.1. The fraction of sp³-hybridized carbons (Fsp3) is 0.407. The number of benzene rings is 2. The van der Waals surface area contributed by atoms with E-state index >= 15 is 0 Å². The summed E-state index contributed by atoms with van der Waals surface area (Å²) in [7, 11) is -8.53. The molecule has 1 atom stereocenters. The van der Waals surface area contributed by atoms with Gasteiger partial charge >= 0.3 is 29.6 Å². The molecule has 44 heavy (non-hydrogen) atoms. The first-order valence-corrected chi connectivity index (χ1v) is 18.2. The molecule has 0 spiro atoms. The van der Waals surface area contributed by atoms with Gasteiger partial charge in [0.25, 0.3) is 10.1 Å². The third-order valence-electron chi connectivity index (χ3n) is 7.19. The Balaban J connectivity index is 0.00000529. The smallest absolute Gasteiger partial charge is 0.748 e. The molecule has 2 aromatic carbocycles. The van der Waals surface area contributed by atoms with E-state index in [4.69, 9.17) is 46.4 Å². The Hall–Kier alpha value is -0.900. The molecule has 0 aromatic heterocycles. The van der Waals surface area contributed by atoms with Crippen LogP contribution in [0.1, 0.15) is 26.7 Å². The van der Waals surface area contributed by atoms with Crippen LogP contribution in [-0.2, 0) is 20.2 Å². The molecule has 236 valence electrons. The van der Waals surface area contributed by atoms with Crippen LogP contribution < -0.4 is 49.2 Å². The van der Waals surface area contributed by atoms with Crippen molar-refractivity contribution in [3.05, 3.63) is 68.4 Å². The fourth-order valence-electron chi connectivity index (χ4n) is 5.41. The Morgan fingerprint density at radius 3 is 1.77 bits per heavy atom. The van der Waals surface area contributed by atoms with Crippen molar-refractivity contribution in [1.29, 1.82) is 0 Å². The van der Waals surface area contributed by atoms with Crippen molar-refractivity contribution < 1.29 is 55.5 Å². The van der Waals surface area contributed by atoms with Gasteiger partial charge in [-0.2, -0.15) is 8.42 Å². The molecule has 2 aliphatic heterocycles. The molecule has 0 aliphatic carbocycles. The summed E-state index contributed by atoms with van der Waals surface area (Å²) in [4.78, 5) is 8.01. The van der Waals surface area contributed by atoms with Crippen LogP contribution in [0.4, 0.5) is 22.7 Å². The van der Waals surface area contributed by atoms with Crippen LogP contribution in [0.15, 0.2) is 48.3 Å². The molecule has 0 saturated heterocycles. The van der Waals surface area contributed by atoms with E-state index in [1.807, 2.05) is 46.8 Å². The molecule has 1 unspecified atom stereocenters. The summed E-state index contributed by atoms with van der Waals surface area (Å²) in [5, 5.41) is 1.46. The average molecular weight is 737 g/mol. The van der Waals surface area contributed by atoms with E-state index in [-0.39, 0.29) is 61.7 Å². The molecule has 0 saturated carbocycles. The van der Waals surface area contributed by atoms with Crippen LogP contribution in [-0.4, -0.2) is 69.8 Å².